The van der Waals surface area contributed by atoms with Crippen molar-refractivity contribution in [2.45, 2.75) is 150 Å². The Labute approximate surface area is 193 Å². The van der Waals surface area contributed by atoms with Crippen LogP contribution < -0.4 is 0 Å². The minimum Gasteiger partial charge on any atom is -0.463 e. The van der Waals surface area contributed by atoms with E-state index in [1.807, 2.05) is 27.7 Å². The van der Waals surface area contributed by atoms with E-state index >= 15 is 0 Å². The molecule has 0 radical (unpaired) electrons. The maximum atomic E-state index is 11.9. The van der Waals surface area contributed by atoms with Gasteiger partial charge in [-0.15, -0.1) is 0 Å². The molecule has 1 atom stereocenters. The molecule has 0 aromatic carbocycles. The van der Waals surface area contributed by atoms with Crippen LogP contribution >= 0.6 is 0 Å². The number of esters is 2. The smallest absolute Gasteiger partial charge is 0.306 e. The van der Waals surface area contributed by atoms with E-state index in [9.17, 15) is 9.59 Å². The van der Waals surface area contributed by atoms with Crippen molar-refractivity contribution in [3.05, 3.63) is 0 Å². The van der Waals surface area contributed by atoms with Crippen molar-refractivity contribution in [3.8, 4) is 0 Å². The van der Waals surface area contributed by atoms with Gasteiger partial charge in [0.05, 0.1) is 12.2 Å². The van der Waals surface area contributed by atoms with Crippen LogP contribution in [0.1, 0.15) is 138 Å². The van der Waals surface area contributed by atoms with E-state index in [2.05, 4.69) is 13.8 Å². The zero-order valence-electron chi connectivity index (χ0n) is 21.5. The lowest BCUT2D eigenvalue weighted by Crippen LogP contribution is -2.19. The summed E-state index contributed by atoms with van der Waals surface area (Å²) in [6, 6.07) is 0. The largest absolute Gasteiger partial charge is 0.463 e. The van der Waals surface area contributed by atoms with E-state index in [1.54, 1.807) is 0 Å². The molecule has 0 aromatic heterocycles. The van der Waals surface area contributed by atoms with Gasteiger partial charge in [0.25, 0.3) is 0 Å². The van der Waals surface area contributed by atoms with Crippen molar-refractivity contribution in [1.29, 1.82) is 0 Å². The second-order valence-corrected chi connectivity index (χ2v) is 10.1. The second-order valence-electron chi connectivity index (χ2n) is 10.1. The molecule has 0 spiro atoms. The van der Waals surface area contributed by atoms with Gasteiger partial charge in [-0.1, -0.05) is 84.5 Å². The highest BCUT2D eigenvalue weighted by atomic mass is 16.5. The molecule has 4 nitrogen and oxygen atoms in total. The van der Waals surface area contributed by atoms with E-state index in [4.69, 9.17) is 9.47 Å². The Morgan fingerprint density at radius 2 is 0.935 bits per heavy atom. The SMILES string of the molecule is CC(C)OC(=O)CCCCCCCCCCCCCCC(CC(=O)OC(C)C)C(C)C. The third-order valence-electron chi connectivity index (χ3n) is 5.81. The van der Waals surface area contributed by atoms with Crippen molar-refractivity contribution in [3.63, 3.8) is 0 Å². The van der Waals surface area contributed by atoms with Crippen LogP contribution in [0.4, 0.5) is 0 Å². The first-order chi connectivity index (χ1) is 14.7. The summed E-state index contributed by atoms with van der Waals surface area (Å²) in [7, 11) is 0. The van der Waals surface area contributed by atoms with Gasteiger partial charge in [-0.25, -0.2) is 0 Å². The average molecular weight is 441 g/mol. The van der Waals surface area contributed by atoms with Crippen molar-refractivity contribution < 1.29 is 19.1 Å². The number of carbonyl (C=O) groups is 2. The molecule has 0 aliphatic carbocycles. The van der Waals surface area contributed by atoms with Crippen LogP contribution in [0, 0.1) is 11.8 Å². The standard InChI is InChI=1S/C27H52O4/c1-22(2)25(21-27(29)31-24(5)6)19-17-15-13-11-9-7-8-10-12-14-16-18-20-26(28)30-23(3)4/h22-25H,7-21H2,1-6H3. The van der Waals surface area contributed by atoms with Crippen LogP contribution in [-0.2, 0) is 19.1 Å². The third-order valence-corrected chi connectivity index (χ3v) is 5.81. The molecule has 0 bridgehead atoms. The Morgan fingerprint density at radius 1 is 0.548 bits per heavy atom. The van der Waals surface area contributed by atoms with Gasteiger partial charge in [0.2, 0.25) is 0 Å². The Balaban J connectivity index is 3.48. The van der Waals surface area contributed by atoms with Crippen LogP contribution in [0.5, 0.6) is 0 Å². The summed E-state index contributed by atoms with van der Waals surface area (Å²) in [4.78, 5) is 23.4. The lowest BCUT2D eigenvalue weighted by atomic mass is 9.87. The Bertz CT molecular complexity index is 443. The summed E-state index contributed by atoms with van der Waals surface area (Å²) < 4.78 is 10.5. The fourth-order valence-electron chi connectivity index (χ4n) is 3.96. The highest BCUT2D eigenvalue weighted by Gasteiger charge is 2.18. The first kappa shape index (κ1) is 29.9. The summed E-state index contributed by atoms with van der Waals surface area (Å²) in [5.74, 6) is 0.895. The number of hydrogen-bond donors (Lipinski definition) is 0. The Kier molecular flexibility index (Phi) is 18.9. The van der Waals surface area contributed by atoms with Gasteiger partial charge in [-0.2, -0.15) is 0 Å². The van der Waals surface area contributed by atoms with Gasteiger partial charge < -0.3 is 9.47 Å². The number of rotatable bonds is 20. The molecule has 0 aliphatic rings. The minimum absolute atomic E-state index is 0.00444. The zero-order chi connectivity index (χ0) is 23.5. The van der Waals surface area contributed by atoms with E-state index in [-0.39, 0.29) is 24.1 Å². The Morgan fingerprint density at radius 3 is 1.35 bits per heavy atom. The maximum absolute atomic E-state index is 11.9. The fourth-order valence-corrected chi connectivity index (χ4v) is 3.96. The molecule has 31 heavy (non-hydrogen) atoms. The molecule has 0 N–H and O–H groups in total. The van der Waals surface area contributed by atoms with E-state index in [1.165, 1.54) is 64.2 Å². The third kappa shape index (κ3) is 20.6. The summed E-state index contributed by atoms with van der Waals surface area (Å²) in [5.41, 5.74) is 0. The van der Waals surface area contributed by atoms with Gasteiger partial charge in [0, 0.05) is 12.8 Å². The number of hydrogen-bond acceptors (Lipinski definition) is 4. The molecule has 0 saturated carbocycles. The van der Waals surface area contributed by atoms with Crippen LogP contribution in [0.15, 0.2) is 0 Å². The monoisotopic (exact) mass is 440 g/mol. The van der Waals surface area contributed by atoms with Gasteiger partial charge >= 0.3 is 11.9 Å². The highest BCUT2D eigenvalue weighted by Crippen LogP contribution is 2.24. The minimum atomic E-state index is -0.0524. The summed E-state index contributed by atoms with van der Waals surface area (Å²) >= 11 is 0. The fraction of sp³-hybridized carbons (Fsp3) is 0.926. The molecule has 1 unspecified atom stereocenters. The van der Waals surface area contributed by atoms with Crippen LogP contribution in [0.3, 0.4) is 0 Å². The topological polar surface area (TPSA) is 52.6 Å². The van der Waals surface area contributed by atoms with Crippen LogP contribution in [0.2, 0.25) is 0 Å². The molecule has 0 rings (SSSR count). The first-order valence-electron chi connectivity index (χ1n) is 13.1. The molecule has 0 fully saturated rings. The molecule has 0 aliphatic heterocycles. The lowest BCUT2D eigenvalue weighted by molar-refractivity contribution is -0.149. The molecule has 0 amide bonds. The van der Waals surface area contributed by atoms with Crippen molar-refractivity contribution >= 4 is 11.9 Å². The number of unbranched alkanes of at least 4 members (excludes halogenated alkanes) is 11. The van der Waals surface area contributed by atoms with E-state index < -0.39 is 0 Å². The van der Waals surface area contributed by atoms with Gasteiger partial charge in [-0.05, 0) is 52.4 Å². The first-order valence-corrected chi connectivity index (χ1v) is 13.1. The lowest BCUT2D eigenvalue weighted by Gasteiger charge is -2.20. The predicted octanol–water partition coefficient (Wildman–Crippen LogP) is 8.01. The maximum Gasteiger partial charge on any atom is 0.306 e. The van der Waals surface area contributed by atoms with Gasteiger partial charge in [0.1, 0.15) is 0 Å². The zero-order valence-corrected chi connectivity index (χ0v) is 21.5. The predicted molar refractivity (Wildman–Crippen MR) is 130 cm³/mol. The Hall–Kier alpha value is -1.06. The van der Waals surface area contributed by atoms with Gasteiger partial charge in [-0.3, -0.25) is 9.59 Å². The number of carbonyl (C=O) groups excluding carboxylic acids is 2. The van der Waals surface area contributed by atoms with E-state index in [0.717, 1.165) is 19.3 Å². The molecule has 4 heteroatoms. The molecule has 0 heterocycles. The van der Waals surface area contributed by atoms with Crippen LogP contribution in [-0.4, -0.2) is 24.1 Å². The van der Waals surface area contributed by atoms with Crippen molar-refractivity contribution in [1.82, 2.24) is 0 Å². The number of ether oxygens (including phenoxy) is 2. The van der Waals surface area contributed by atoms with Crippen molar-refractivity contribution in [2.24, 2.45) is 11.8 Å². The van der Waals surface area contributed by atoms with E-state index in [0.29, 0.717) is 24.7 Å². The second kappa shape index (κ2) is 19.6. The average Bonchev–Trinajstić information content (AvgIpc) is 2.65. The molecule has 184 valence electrons. The molecule has 0 saturated heterocycles. The molecule has 0 aromatic rings. The summed E-state index contributed by atoms with van der Waals surface area (Å²) in [5, 5.41) is 0. The highest BCUT2D eigenvalue weighted by molar-refractivity contribution is 5.70. The van der Waals surface area contributed by atoms with Crippen LogP contribution in [0.25, 0.3) is 0 Å². The van der Waals surface area contributed by atoms with Gasteiger partial charge in [0.15, 0.2) is 0 Å². The summed E-state index contributed by atoms with van der Waals surface area (Å²) in [6.45, 7) is 12.1. The molecular weight excluding hydrogens is 388 g/mol. The molecular formula is C27H52O4. The normalized spacial score (nSPS) is 12.5. The summed E-state index contributed by atoms with van der Waals surface area (Å²) in [6.07, 6.45) is 17.4. The quantitative estimate of drug-likeness (QED) is 0.142. The van der Waals surface area contributed by atoms with Crippen molar-refractivity contribution in [2.75, 3.05) is 0 Å².